The summed E-state index contributed by atoms with van der Waals surface area (Å²) in [6.07, 6.45) is 17.0. The highest BCUT2D eigenvalue weighted by molar-refractivity contribution is 5.84. The first-order chi connectivity index (χ1) is 11.3. The van der Waals surface area contributed by atoms with Crippen molar-refractivity contribution in [1.82, 2.24) is 15.5 Å². The first-order valence-electron chi connectivity index (χ1n) is 8.79. The number of dihydropyridines is 1. The number of nitrogens with zero attached hydrogens (tertiary/aromatic N) is 1. The normalized spacial score (nSPS) is 29.0. The van der Waals surface area contributed by atoms with Crippen LogP contribution in [0.1, 0.15) is 25.7 Å². The molecule has 2 N–H and O–H groups in total. The van der Waals surface area contributed by atoms with Gasteiger partial charge >= 0.3 is 0 Å². The maximum Gasteiger partial charge on any atom is 0.229 e. The van der Waals surface area contributed by atoms with Crippen molar-refractivity contribution < 1.29 is 4.79 Å². The molecule has 23 heavy (non-hydrogen) atoms. The molecule has 2 fully saturated rings. The van der Waals surface area contributed by atoms with Crippen LogP contribution >= 0.6 is 0 Å². The average molecular weight is 311 g/mol. The standard InChI is InChI=1S/C19H25N3O/c23-18-19(7-9-20-10-8-19)6-3-11-22(18)14-16-13-21-17-5-2-1-4-15(16)12-17/h1-2,4-5,12-13,17,20-21H,3,6-11,14H2. The van der Waals surface area contributed by atoms with Crippen molar-refractivity contribution in [2.24, 2.45) is 5.41 Å². The molecule has 4 rings (SSSR count). The third kappa shape index (κ3) is 2.76. The molecule has 0 saturated carbocycles. The molecule has 4 nitrogen and oxygen atoms in total. The zero-order chi connectivity index (χ0) is 15.7. The van der Waals surface area contributed by atoms with Crippen LogP contribution in [0.3, 0.4) is 0 Å². The number of likely N-dealkylation sites (tertiary alicyclic amines) is 1. The molecule has 4 heteroatoms. The topological polar surface area (TPSA) is 44.4 Å². The van der Waals surface area contributed by atoms with Gasteiger partial charge in [0.05, 0.1) is 11.5 Å². The van der Waals surface area contributed by atoms with Crippen LogP contribution in [0, 0.1) is 5.41 Å². The number of allylic oxidation sites excluding steroid dienone is 3. The van der Waals surface area contributed by atoms with E-state index in [0.29, 0.717) is 5.91 Å². The van der Waals surface area contributed by atoms with Crippen molar-refractivity contribution in [3.8, 4) is 0 Å². The van der Waals surface area contributed by atoms with E-state index in [1.165, 1.54) is 11.1 Å². The summed E-state index contributed by atoms with van der Waals surface area (Å²) >= 11 is 0. The average Bonchev–Trinajstić information content (AvgIpc) is 2.77. The van der Waals surface area contributed by atoms with Crippen LogP contribution in [-0.2, 0) is 4.79 Å². The molecule has 1 unspecified atom stereocenters. The van der Waals surface area contributed by atoms with Crippen LogP contribution in [0.15, 0.2) is 47.7 Å². The lowest BCUT2D eigenvalue weighted by molar-refractivity contribution is -0.147. The van der Waals surface area contributed by atoms with E-state index in [-0.39, 0.29) is 11.5 Å². The third-order valence-electron chi connectivity index (χ3n) is 5.63. The molecule has 1 aliphatic carbocycles. The van der Waals surface area contributed by atoms with E-state index >= 15 is 0 Å². The quantitative estimate of drug-likeness (QED) is 0.818. The minimum atomic E-state index is -0.0933. The Morgan fingerprint density at radius 3 is 2.96 bits per heavy atom. The lowest BCUT2D eigenvalue weighted by atomic mass is 9.72. The Balaban J connectivity index is 1.50. The lowest BCUT2D eigenvalue weighted by Gasteiger charge is -2.44. The van der Waals surface area contributed by atoms with Crippen LogP contribution < -0.4 is 10.6 Å². The highest BCUT2D eigenvalue weighted by Gasteiger charge is 2.44. The first kappa shape index (κ1) is 14.8. The largest absolute Gasteiger partial charge is 0.381 e. The Labute approximate surface area is 138 Å². The molecular formula is C19H25N3O. The molecule has 2 saturated heterocycles. The molecule has 1 atom stereocenters. The lowest BCUT2D eigenvalue weighted by Crippen LogP contribution is -2.53. The van der Waals surface area contributed by atoms with Crippen molar-refractivity contribution in [2.45, 2.75) is 31.7 Å². The number of carbonyl (C=O) groups excluding carboxylic acids is 1. The van der Waals surface area contributed by atoms with E-state index in [4.69, 9.17) is 0 Å². The van der Waals surface area contributed by atoms with E-state index in [9.17, 15) is 4.79 Å². The number of hydrogen-bond donors (Lipinski definition) is 2. The van der Waals surface area contributed by atoms with Gasteiger partial charge in [0.1, 0.15) is 0 Å². The van der Waals surface area contributed by atoms with Crippen LogP contribution in [0.25, 0.3) is 0 Å². The number of hydrogen-bond acceptors (Lipinski definition) is 3. The van der Waals surface area contributed by atoms with Crippen LogP contribution in [-0.4, -0.2) is 43.0 Å². The van der Waals surface area contributed by atoms with Gasteiger partial charge in [0.15, 0.2) is 0 Å². The first-order valence-corrected chi connectivity index (χ1v) is 8.79. The van der Waals surface area contributed by atoms with Crippen molar-refractivity contribution in [3.63, 3.8) is 0 Å². The Bertz CT molecular complexity index is 603. The summed E-state index contributed by atoms with van der Waals surface area (Å²) in [4.78, 5) is 15.2. The number of carbonyl (C=O) groups is 1. The highest BCUT2D eigenvalue weighted by Crippen LogP contribution is 2.39. The maximum atomic E-state index is 13.1. The highest BCUT2D eigenvalue weighted by atomic mass is 16.2. The summed E-state index contributed by atoms with van der Waals surface area (Å²) in [5, 5.41) is 6.79. The van der Waals surface area contributed by atoms with Gasteiger partial charge in [-0.1, -0.05) is 30.4 Å². The van der Waals surface area contributed by atoms with E-state index in [2.05, 4.69) is 52.1 Å². The van der Waals surface area contributed by atoms with Crippen LogP contribution in [0.5, 0.6) is 0 Å². The summed E-state index contributed by atoms with van der Waals surface area (Å²) in [5.74, 6) is 0.379. The molecule has 1 spiro atoms. The number of piperidine rings is 2. The summed E-state index contributed by atoms with van der Waals surface area (Å²) in [5.41, 5.74) is 2.38. The molecule has 4 aliphatic rings. The number of nitrogens with one attached hydrogen (secondary N) is 2. The van der Waals surface area contributed by atoms with Gasteiger partial charge in [0, 0.05) is 19.3 Å². The molecule has 1 amide bonds. The summed E-state index contributed by atoms with van der Waals surface area (Å²) in [6.45, 7) is 3.57. The summed E-state index contributed by atoms with van der Waals surface area (Å²) in [7, 11) is 0. The fourth-order valence-electron chi connectivity index (χ4n) is 4.26. The minimum Gasteiger partial charge on any atom is -0.381 e. The molecular weight excluding hydrogens is 286 g/mol. The zero-order valence-corrected chi connectivity index (χ0v) is 13.6. The molecule has 2 bridgehead atoms. The summed E-state index contributed by atoms with van der Waals surface area (Å²) in [6, 6.07) is 0.275. The predicted octanol–water partition coefficient (Wildman–Crippen LogP) is 1.89. The monoisotopic (exact) mass is 311 g/mol. The van der Waals surface area contributed by atoms with Gasteiger partial charge in [-0.05, 0) is 49.9 Å². The fourth-order valence-corrected chi connectivity index (χ4v) is 4.26. The predicted molar refractivity (Wildman–Crippen MR) is 91.7 cm³/mol. The van der Waals surface area contributed by atoms with Gasteiger partial charge in [-0.15, -0.1) is 0 Å². The second-order valence-electron chi connectivity index (χ2n) is 7.09. The van der Waals surface area contributed by atoms with Crippen LogP contribution in [0.2, 0.25) is 0 Å². The van der Waals surface area contributed by atoms with Gasteiger partial charge in [-0.3, -0.25) is 4.79 Å². The molecule has 0 radical (unpaired) electrons. The SMILES string of the molecule is O=C1N(CC2=CNC3C=CC=CC2=C3)CCCC12CCNCC2. The van der Waals surface area contributed by atoms with E-state index < -0.39 is 0 Å². The Kier molecular flexibility index (Phi) is 3.85. The van der Waals surface area contributed by atoms with E-state index in [1.54, 1.807) is 0 Å². The Morgan fingerprint density at radius 1 is 1.22 bits per heavy atom. The number of amides is 1. The second kappa shape index (κ2) is 6.00. The van der Waals surface area contributed by atoms with Gasteiger partial charge < -0.3 is 15.5 Å². The van der Waals surface area contributed by atoms with Crippen LogP contribution in [0.4, 0.5) is 0 Å². The van der Waals surface area contributed by atoms with E-state index in [1.807, 2.05) is 0 Å². The summed E-state index contributed by atoms with van der Waals surface area (Å²) < 4.78 is 0. The van der Waals surface area contributed by atoms with E-state index in [0.717, 1.165) is 51.9 Å². The molecule has 0 aromatic heterocycles. The zero-order valence-electron chi connectivity index (χ0n) is 13.6. The molecule has 0 aromatic carbocycles. The number of rotatable bonds is 2. The van der Waals surface area contributed by atoms with Crippen molar-refractivity contribution in [2.75, 3.05) is 26.2 Å². The van der Waals surface area contributed by atoms with Gasteiger partial charge in [0.2, 0.25) is 5.91 Å². The van der Waals surface area contributed by atoms with Crippen molar-refractivity contribution in [1.29, 1.82) is 0 Å². The van der Waals surface area contributed by atoms with Gasteiger partial charge in [-0.2, -0.15) is 0 Å². The van der Waals surface area contributed by atoms with Gasteiger partial charge in [0.25, 0.3) is 0 Å². The molecule has 122 valence electrons. The Hall–Kier alpha value is -1.81. The van der Waals surface area contributed by atoms with Crippen molar-refractivity contribution in [3.05, 3.63) is 47.7 Å². The maximum absolute atomic E-state index is 13.1. The van der Waals surface area contributed by atoms with Gasteiger partial charge in [-0.25, -0.2) is 0 Å². The molecule has 0 aromatic rings. The minimum absolute atomic E-state index is 0.0933. The second-order valence-corrected chi connectivity index (χ2v) is 7.09. The smallest absolute Gasteiger partial charge is 0.229 e. The molecule has 3 aliphatic heterocycles. The molecule has 3 heterocycles. The number of fused-ring (bicyclic) bond motifs is 1. The Morgan fingerprint density at radius 2 is 2.09 bits per heavy atom. The fraction of sp³-hybridized carbons (Fsp3) is 0.526. The third-order valence-corrected chi connectivity index (χ3v) is 5.63. The van der Waals surface area contributed by atoms with Crippen molar-refractivity contribution >= 4 is 5.91 Å².